The minimum Gasteiger partial charge on any atom is -0.486 e. The Hall–Kier alpha value is -4.15. The fourth-order valence-electron chi connectivity index (χ4n) is 5.36. The molecule has 0 bridgehead atoms. The number of nitrogens with one attached hydrogen (secondary N) is 1. The number of fused-ring (bicyclic) bond motifs is 3. The Bertz CT molecular complexity index is 1450. The van der Waals surface area contributed by atoms with Crippen LogP contribution in [0.3, 0.4) is 0 Å². The van der Waals surface area contributed by atoms with Crippen molar-refractivity contribution in [2.24, 2.45) is 0 Å². The summed E-state index contributed by atoms with van der Waals surface area (Å²) in [6.07, 6.45) is -5.21. The van der Waals surface area contributed by atoms with Crippen LogP contribution in [-0.2, 0) is 17.5 Å². The van der Waals surface area contributed by atoms with Gasteiger partial charge in [0, 0.05) is 29.8 Å². The first-order chi connectivity index (χ1) is 19.6. The Kier molecular flexibility index (Phi) is 7.88. The SMILES string of the molecule is Cc1ccc(CN(C(=O)c2ccc(C(F)(F)F)cc2)[C@@H]2C=C(C(=O)NCCO)[C@@H]3c4ccccc4O[C@@H]3[C@H]2O)cc1. The molecule has 214 valence electrons. The number of aliphatic hydroxyl groups excluding tert-OH is 2. The molecule has 3 N–H and O–H groups in total. The number of carbonyl (C=O) groups excluding carboxylic acids is 2. The average Bonchev–Trinajstić information content (AvgIpc) is 3.36. The largest absolute Gasteiger partial charge is 0.486 e. The number of para-hydroxylation sites is 1. The predicted octanol–water partition coefficient (Wildman–Crippen LogP) is 3.98. The molecule has 5 rings (SSSR count). The number of halogens is 3. The number of alkyl halides is 3. The first-order valence-electron chi connectivity index (χ1n) is 13.2. The van der Waals surface area contributed by atoms with Gasteiger partial charge in [0.1, 0.15) is 18.0 Å². The van der Waals surface area contributed by atoms with Gasteiger partial charge in [0.25, 0.3) is 5.91 Å². The molecule has 7 nitrogen and oxygen atoms in total. The van der Waals surface area contributed by atoms with Crippen LogP contribution in [0.5, 0.6) is 5.75 Å². The van der Waals surface area contributed by atoms with Crippen molar-refractivity contribution in [1.29, 1.82) is 0 Å². The highest BCUT2D eigenvalue weighted by molar-refractivity contribution is 5.97. The van der Waals surface area contributed by atoms with E-state index in [2.05, 4.69) is 5.32 Å². The minimum atomic E-state index is -4.56. The first kappa shape index (κ1) is 28.4. The smallest absolute Gasteiger partial charge is 0.416 e. The molecule has 2 aliphatic rings. The van der Waals surface area contributed by atoms with E-state index in [9.17, 15) is 33.0 Å². The summed E-state index contributed by atoms with van der Waals surface area (Å²) in [7, 11) is 0. The maximum absolute atomic E-state index is 13.9. The molecular weight excluding hydrogens is 537 g/mol. The van der Waals surface area contributed by atoms with Crippen LogP contribution in [0.2, 0.25) is 0 Å². The van der Waals surface area contributed by atoms with Crippen molar-refractivity contribution in [3.05, 3.63) is 112 Å². The van der Waals surface area contributed by atoms with Gasteiger partial charge < -0.3 is 25.2 Å². The number of carbonyl (C=O) groups is 2. The number of aliphatic hydroxyl groups is 2. The van der Waals surface area contributed by atoms with E-state index in [0.29, 0.717) is 11.3 Å². The minimum absolute atomic E-state index is 0.000843. The number of nitrogens with zero attached hydrogens (tertiary/aromatic N) is 1. The van der Waals surface area contributed by atoms with Gasteiger partial charge in [0.15, 0.2) is 0 Å². The highest BCUT2D eigenvalue weighted by Crippen LogP contribution is 2.47. The van der Waals surface area contributed by atoms with Gasteiger partial charge in [-0.05, 0) is 48.9 Å². The summed E-state index contributed by atoms with van der Waals surface area (Å²) < 4.78 is 45.7. The summed E-state index contributed by atoms with van der Waals surface area (Å²) in [5.74, 6) is -1.23. The molecular formula is C31H29F3N2O5. The molecule has 2 amide bonds. The third-order valence-electron chi connectivity index (χ3n) is 7.43. The summed E-state index contributed by atoms with van der Waals surface area (Å²) in [5, 5.41) is 23.6. The van der Waals surface area contributed by atoms with E-state index in [4.69, 9.17) is 4.74 Å². The summed E-state index contributed by atoms with van der Waals surface area (Å²) in [6, 6.07) is 17.3. The van der Waals surface area contributed by atoms with Gasteiger partial charge in [-0.25, -0.2) is 0 Å². The van der Waals surface area contributed by atoms with Crippen LogP contribution in [0.4, 0.5) is 13.2 Å². The summed E-state index contributed by atoms with van der Waals surface area (Å²) >= 11 is 0. The van der Waals surface area contributed by atoms with E-state index in [1.807, 2.05) is 31.2 Å². The van der Waals surface area contributed by atoms with Crippen LogP contribution < -0.4 is 10.1 Å². The molecule has 3 aromatic rings. The van der Waals surface area contributed by atoms with Crippen LogP contribution in [-0.4, -0.2) is 58.3 Å². The molecule has 0 radical (unpaired) electrons. The Morgan fingerprint density at radius 3 is 2.34 bits per heavy atom. The fourth-order valence-corrected chi connectivity index (χ4v) is 5.36. The lowest BCUT2D eigenvalue weighted by Crippen LogP contribution is -2.55. The van der Waals surface area contributed by atoms with Gasteiger partial charge in [-0.2, -0.15) is 13.2 Å². The van der Waals surface area contributed by atoms with E-state index in [0.717, 1.165) is 35.4 Å². The zero-order valence-electron chi connectivity index (χ0n) is 22.1. The first-order valence-corrected chi connectivity index (χ1v) is 13.2. The van der Waals surface area contributed by atoms with Crippen molar-refractivity contribution in [1.82, 2.24) is 10.2 Å². The fraction of sp³-hybridized carbons (Fsp3) is 0.290. The van der Waals surface area contributed by atoms with Crippen LogP contribution in [0, 0.1) is 6.92 Å². The lowest BCUT2D eigenvalue weighted by Gasteiger charge is -2.40. The van der Waals surface area contributed by atoms with Gasteiger partial charge in [0.2, 0.25) is 5.91 Å². The zero-order chi connectivity index (χ0) is 29.3. The number of amides is 2. The molecule has 3 aromatic carbocycles. The lowest BCUT2D eigenvalue weighted by molar-refractivity contribution is -0.137. The Balaban J connectivity index is 1.58. The number of rotatable bonds is 7. The molecule has 0 fully saturated rings. The van der Waals surface area contributed by atoms with Crippen LogP contribution in [0.15, 0.2) is 84.4 Å². The molecule has 0 aromatic heterocycles. The molecule has 0 saturated carbocycles. The topological polar surface area (TPSA) is 99.1 Å². The van der Waals surface area contributed by atoms with Crippen molar-refractivity contribution in [3.63, 3.8) is 0 Å². The van der Waals surface area contributed by atoms with E-state index in [-0.39, 0.29) is 30.8 Å². The van der Waals surface area contributed by atoms with E-state index in [1.165, 1.54) is 11.0 Å². The quantitative estimate of drug-likeness (QED) is 0.402. The molecule has 4 atom stereocenters. The molecule has 1 heterocycles. The predicted molar refractivity (Wildman–Crippen MR) is 144 cm³/mol. The summed E-state index contributed by atoms with van der Waals surface area (Å²) in [6.45, 7) is 1.64. The highest BCUT2D eigenvalue weighted by Gasteiger charge is 2.50. The maximum Gasteiger partial charge on any atom is 0.416 e. The van der Waals surface area contributed by atoms with Crippen molar-refractivity contribution in [2.45, 2.75) is 43.8 Å². The molecule has 0 unspecified atom stereocenters. The van der Waals surface area contributed by atoms with E-state index < -0.39 is 47.7 Å². The van der Waals surface area contributed by atoms with E-state index >= 15 is 0 Å². The second kappa shape index (κ2) is 11.4. The summed E-state index contributed by atoms with van der Waals surface area (Å²) in [5.41, 5.74) is 1.79. The Morgan fingerprint density at radius 2 is 1.68 bits per heavy atom. The van der Waals surface area contributed by atoms with Gasteiger partial charge in [-0.15, -0.1) is 0 Å². The molecule has 41 heavy (non-hydrogen) atoms. The Labute approximate surface area is 234 Å². The van der Waals surface area contributed by atoms with Crippen molar-refractivity contribution in [3.8, 4) is 5.75 Å². The highest BCUT2D eigenvalue weighted by atomic mass is 19.4. The number of hydrogen-bond acceptors (Lipinski definition) is 5. The number of ether oxygens (including phenoxy) is 1. The van der Waals surface area contributed by atoms with Crippen LogP contribution in [0.1, 0.15) is 38.5 Å². The molecule has 1 aliphatic heterocycles. The number of benzene rings is 3. The van der Waals surface area contributed by atoms with Crippen LogP contribution >= 0.6 is 0 Å². The third-order valence-corrected chi connectivity index (χ3v) is 7.43. The lowest BCUT2D eigenvalue weighted by atomic mass is 9.77. The second-order valence-corrected chi connectivity index (χ2v) is 10.2. The molecule has 0 saturated heterocycles. The molecule has 1 aliphatic carbocycles. The van der Waals surface area contributed by atoms with E-state index in [1.54, 1.807) is 24.3 Å². The van der Waals surface area contributed by atoms with Gasteiger partial charge in [-0.1, -0.05) is 48.0 Å². The normalized spacial score (nSPS) is 21.3. The molecule has 0 spiro atoms. The maximum atomic E-state index is 13.9. The third kappa shape index (κ3) is 5.71. The van der Waals surface area contributed by atoms with Crippen LogP contribution in [0.25, 0.3) is 0 Å². The Morgan fingerprint density at radius 1 is 1.00 bits per heavy atom. The van der Waals surface area contributed by atoms with Crippen molar-refractivity contribution in [2.75, 3.05) is 13.2 Å². The van der Waals surface area contributed by atoms with Crippen molar-refractivity contribution >= 4 is 11.8 Å². The standard InChI is InChI=1S/C31H29F3N2O5/c1-18-6-8-19(9-7-18)17-36(30(40)20-10-12-21(13-11-20)31(32,33)34)24-16-23(29(39)35-14-15-37)26-22-4-2-3-5-25(22)41-28(26)27(24)38/h2-13,16,24,26-28,37-38H,14-15,17H2,1H3,(H,35,39)/t24-,26+,27+,28+/m1/s1. The van der Waals surface area contributed by atoms with Gasteiger partial charge >= 0.3 is 6.18 Å². The monoisotopic (exact) mass is 566 g/mol. The number of hydrogen-bond donors (Lipinski definition) is 3. The van der Waals surface area contributed by atoms with Gasteiger partial charge in [0.05, 0.1) is 24.1 Å². The molecule has 10 heteroatoms. The van der Waals surface area contributed by atoms with Crippen molar-refractivity contribution < 1.29 is 37.7 Å². The van der Waals surface area contributed by atoms with Gasteiger partial charge in [-0.3, -0.25) is 9.59 Å². The summed E-state index contributed by atoms with van der Waals surface area (Å²) in [4.78, 5) is 28.6. The zero-order valence-corrected chi connectivity index (χ0v) is 22.1. The number of aryl methyl sites for hydroxylation is 1. The second-order valence-electron chi connectivity index (χ2n) is 10.2. The average molecular weight is 567 g/mol.